The summed E-state index contributed by atoms with van der Waals surface area (Å²) in [4.78, 5) is 0. The third-order valence-corrected chi connectivity index (χ3v) is 2.97. The van der Waals surface area contributed by atoms with Crippen LogP contribution in [0.2, 0.25) is 0 Å². The van der Waals surface area contributed by atoms with Gasteiger partial charge in [-0.15, -0.1) is 0 Å². The van der Waals surface area contributed by atoms with E-state index in [1.54, 1.807) is 0 Å². The fraction of sp³-hybridized carbons (Fsp3) is 0.636. The van der Waals surface area contributed by atoms with E-state index in [2.05, 4.69) is 26.3 Å². The van der Waals surface area contributed by atoms with Crippen molar-refractivity contribution in [2.75, 3.05) is 92.5 Å². The molecule has 0 atom stereocenters. The molecule has 0 aliphatic carbocycles. The molecule has 0 heterocycles. The van der Waals surface area contributed by atoms with Gasteiger partial charge in [0.1, 0.15) is 26.4 Å². The zero-order valence-corrected chi connectivity index (χ0v) is 18.7. The maximum absolute atomic E-state index is 5.27. The third kappa shape index (κ3) is 35.7. The molecule has 0 fully saturated rings. The number of rotatable bonds is 25. The lowest BCUT2D eigenvalue weighted by Crippen LogP contribution is -2.12. The van der Waals surface area contributed by atoms with E-state index in [1.807, 2.05) is 0 Å². The van der Waals surface area contributed by atoms with E-state index in [0.29, 0.717) is 92.5 Å². The normalized spacial score (nSPS) is 9.68. The fourth-order valence-corrected chi connectivity index (χ4v) is 1.63. The van der Waals surface area contributed by atoms with Gasteiger partial charge in [-0.3, -0.25) is 0 Å². The van der Waals surface area contributed by atoms with Crippen molar-refractivity contribution in [3.8, 4) is 0 Å². The molecular weight excluding hydrogens is 408 g/mol. The Kier molecular flexibility index (Phi) is 32.8. The Labute approximate surface area is 187 Å². The van der Waals surface area contributed by atoms with Crippen LogP contribution in [0.3, 0.4) is 0 Å². The molecule has 182 valence electrons. The Morgan fingerprint density at radius 1 is 0.290 bits per heavy atom. The second-order valence-corrected chi connectivity index (χ2v) is 5.21. The Bertz CT molecular complexity index is 344. The summed E-state index contributed by atoms with van der Waals surface area (Å²) >= 11 is 0. The van der Waals surface area contributed by atoms with Gasteiger partial charge in [0, 0.05) is 0 Å². The SMILES string of the molecule is C=COCCOCCOCCOC=C.C=COCCOCCOCCOCCOC=C. The van der Waals surface area contributed by atoms with Gasteiger partial charge in [0.25, 0.3) is 0 Å². The molecule has 0 bridgehead atoms. The first kappa shape index (κ1) is 31.1. The molecule has 9 heteroatoms. The topological polar surface area (TPSA) is 83.1 Å². The van der Waals surface area contributed by atoms with Gasteiger partial charge in [0.15, 0.2) is 0 Å². The molecule has 9 nitrogen and oxygen atoms in total. The monoisotopic (exact) mass is 448 g/mol. The second kappa shape index (κ2) is 32.6. The summed E-state index contributed by atoms with van der Waals surface area (Å²) in [6.45, 7) is 21.3. The van der Waals surface area contributed by atoms with Crippen molar-refractivity contribution in [1.82, 2.24) is 0 Å². The van der Waals surface area contributed by atoms with Gasteiger partial charge >= 0.3 is 0 Å². The van der Waals surface area contributed by atoms with Crippen molar-refractivity contribution >= 4 is 0 Å². The highest BCUT2D eigenvalue weighted by Crippen LogP contribution is 1.84. The first-order chi connectivity index (χ1) is 15.3. The summed E-state index contributed by atoms with van der Waals surface area (Å²) in [5.74, 6) is 0. The molecule has 0 aliphatic heterocycles. The molecule has 0 unspecified atom stereocenters. The molecule has 0 rings (SSSR count). The molecule has 0 spiro atoms. The summed E-state index contributed by atoms with van der Waals surface area (Å²) in [5, 5.41) is 0. The number of hydrogen-bond donors (Lipinski definition) is 0. The first-order valence-corrected chi connectivity index (χ1v) is 10.1. The average molecular weight is 449 g/mol. The van der Waals surface area contributed by atoms with Gasteiger partial charge in [-0.05, 0) is 0 Å². The summed E-state index contributed by atoms with van der Waals surface area (Å²) in [5.41, 5.74) is 0. The molecule has 0 amide bonds. The van der Waals surface area contributed by atoms with E-state index >= 15 is 0 Å². The zero-order valence-electron chi connectivity index (χ0n) is 18.7. The molecule has 0 N–H and O–H groups in total. The molecular formula is C22H40O9. The molecule has 31 heavy (non-hydrogen) atoms. The zero-order chi connectivity index (χ0) is 23.1. The van der Waals surface area contributed by atoms with E-state index in [0.717, 1.165) is 0 Å². The Hall–Kier alpha value is -2.04. The highest BCUT2D eigenvalue weighted by molar-refractivity contribution is 4.49. The molecule has 0 aromatic heterocycles. The summed E-state index contributed by atoms with van der Waals surface area (Å²) in [6.07, 6.45) is 5.58. The van der Waals surface area contributed by atoms with Crippen LogP contribution in [-0.2, 0) is 42.6 Å². The predicted octanol–water partition coefficient (Wildman–Crippen LogP) is 2.70. The Morgan fingerprint density at radius 3 is 0.613 bits per heavy atom. The number of ether oxygens (including phenoxy) is 9. The van der Waals surface area contributed by atoms with Crippen LogP contribution in [0.25, 0.3) is 0 Å². The van der Waals surface area contributed by atoms with Gasteiger partial charge in [-0.2, -0.15) is 0 Å². The van der Waals surface area contributed by atoms with Crippen molar-refractivity contribution in [2.24, 2.45) is 0 Å². The van der Waals surface area contributed by atoms with Crippen LogP contribution in [0.1, 0.15) is 0 Å². The van der Waals surface area contributed by atoms with Gasteiger partial charge in [0.2, 0.25) is 0 Å². The Balaban J connectivity index is 0. The Morgan fingerprint density at radius 2 is 0.452 bits per heavy atom. The van der Waals surface area contributed by atoms with Crippen LogP contribution in [0.4, 0.5) is 0 Å². The highest BCUT2D eigenvalue weighted by Gasteiger charge is 1.92. The minimum atomic E-state index is 0.524. The van der Waals surface area contributed by atoms with Crippen LogP contribution in [0.5, 0.6) is 0 Å². The van der Waals surface area contributed by atoms with Gasteiger partial charge < -0.3 is 42.6 Å². The van der Waals surface area contributed by atoms with E-state index in [1.165, 1.54) is 25.0 Å². The molecule has 0 aromatic rings. The third-order valence-electron chi connectivity index (χ3n) is 2.97. The standard InChI is InChI=1S/C12H22O5.C10H18O4/c1-3-13-5-7-15-9-11-17-12-10-16-8-6-14-4-2;1-3-11-5-7-13-9-10-14-8-6-12-4-2/h3-4H,1-2,5-12H2;3-4H,1-2,5-10H2. The molecule has 0 saturated heterocycles. The van der Waals surface area contributed by atoms with Crippen molar-refractivity contribution in [2.45, 2.75) is 0 Å². The van der Waals surface area contributed by atoms with E-state index in [9.17, 15) is 0 Å². The average Bonchev–Trinajstić information content (AvgIpc) is 2.79. The van der Waals surface area contributed by atoms with Crippen LogP contribution < -0.4 is 0 Å². The molecule has 0 aromatic carbocycles. The molecule has 0 radical (unpaired) electrons. The summed E-state index contributed by atoms with van der Waals surface area (Å²) in [7, 11) is 0. The van der Waals surface area contributed by atoms with Crippen LogP contribution >= 0.6 is 0 Å². The lowest BCUT2D eigenvalue weighted by molar-refractivity contribution is 0.000518. The quantitative estimate of drug-likeness (QED) is 0.155. The van der Waals surface area contributed by atoms with E-state index in [-0.39, 0.29) is 0 Å². The van der Waals surface area contributed by atoms with Gasteiger partial charge in [-0.1, -0.05) is 26.3 Å². The van der Waals surface area contributed by atoms with Gasteiger partial charge in [0.05, 0.1) is 91.1 Å². The number of hydrogen-bond acceptors (Lipinski definition) is 9. The van der Waals surface area contributed by atoms with Crippen LogP contribution in [0.15, 0.2) is 51.4 Å². The maximum atomic E-state index is 5.27. The maximum Gasteiger partial charge on any atom is 0.111 e. The van der Waals surface area contributed by atoms with E-state index < -0.39 is 0 Å². The lowest BCUT2D eigenvalue weighted by atomic mass is 10.7. The molecule has 0 aliphatic rings. The lowest BCUT2D eigenvalue weighted by Gasteiger charge is -2.06. The van der Waals surface area contributed by atoms with Crippen LogP contribution in [-0.4, -0.2) is 92.5 Å². The minimum absolute atomic E-state index is 0.524. The smallest absolute Gasteiger partial charge is 0.111 e. The summed E-state index contributed by atoms with van der Waals surface area (Å²) in [6, 6.07) is 0. The largest absolute Gasteiger partial charge is 0.499 e. The fourth-order valence-electron chi connectivity index (χ4n) is 1.63. The minimum Gasteiger partial charge on any atom is -0.499 e. The predicted molar refractivity (Wildman–Crippen MR) is 119 cm³/mol. The highest BCUT2D eigenvalue weighted by atomic mass is 16.6. The van der Waals surface area contributed by atoms with E-state index in [4.69, 9.17) is 42.6 Å². The van der Waals surface area contributed by atoms with Crippen molar-refractivity contribution in [3.63, 3.8) is 0 Å². The summed E-state index contributed by atoms with van der Waals surface area (Å²) < 4.78 is 45.6. The van der Waals surface area contributed by atoms with Crippen LogP contribution in [0, 0.1) is 0 Å². The van der Waals surface area contributed by atoms with Crippen molar-refractivity contribution in [1.29, 1.82) is 0 Å². The molecule has 0 saturated carbocycles. The first-order valence-electron chi connectivity index (χ1n) is 10.1. The van der Waals surface area contributed by atoms with Crippen molar-refractivity contribution < 1.29 is 42.6 Å². The second-order valence-electron chi connectivity index (χ2n) is 5.21. The van der Waals surface area contributed by atoms with Crippen molar-refractivity contribution in [3.05, 3.63) is 51.4 Å². The van der Waals surface area contributed by atoms with Gasteiger partial charge in [-0.25, -0.2) is 0 Å².